The van der Waals surface area contributed by atoms with Gasteiger partial charge in [0.15, 0.2) is 0 Å². The van der Waals surface area contributed by atoms with Gasteiger partial charge < -0.3 is 9.73 Å². The van der Waals surface area contributed by atoms with Crippen molar-refractivity contribution in [3.05, 3.63) is 58.0 Å². The van der Waals surface area contributed by atoms with E-state index >= 15 is 0 Å². The summed E-state index contributed by atoms with van der Waals surface area (Å²) in [5.74, 6) is 0.940. The Morgan fingerprint density at radius 1 is 1.24 bits per heavy atom. The molecule has 1 heterocycles. The molecule has 1 N–H and O–H groups in total. The van der Waals surface area contributed by atoms with Crippen LogP contribution in [0.3, 0.4) is 0 Å². The summed E-state index contributed by atoms with van der Waals surface area (Å²) in [5.41, 5.74) is 1.10. The van der Waals surface area contributed by atoms with Gasteiger partial charge in [0, 0.05) is 12.5 Å². The molecule has 1 aromatic carbocycles. The molecule has 0 spiro atoms. The fourth-order valence-electron chi connectivity index (χ4n) is 1.75. The molecule has 2 aromatic rings. The zero-order chi connectivity index (χ0) is 12.3. The van der Waals surface area contributed by atoms with Gasteiger partial charge in [0.2, 0.25) is 0 Å². The van der Waals surface area contributed by atoms with Gasteiger partial charge in [-0.25, -0.2) is 0 Å². The Bertz CT molecular complexity index is 482. The van der Waals surface area contributed by atoms with E-state index in [1.165, 1.54) is 0 Å². The van der Waals surface area contributed by atoms with E-state index in [0.717, 1.165) is 17.7 Å². The maximum absolute atomic E-state index is 6.01. The first-order valence-electron chi connectivity index (χ1n) is 5.35. The van der Waals surface area contributed by atoms with Gasteiger partial charge >= 0.3 is 0 Å². The van der Waals surface area contributed by atoms with E-state index in [9.17, 15) is 0 Å². The number of likely N-dealkylation sites (N-methyl/N-ethyl adjacent to an activating group) is 1. The summed E-state index contributed by atoms with van der Waals surface area (Å²) in [6, 6.07) is 9.67. The third kappa shape index (κ3) is 3.03. The molecule has 1 atom stereocenters. The van der Waals surface area contributed by atoms with Gasteiger partial charge in [-0.3, -0.25) is 0 Å². The van der Waals surface area contributed by atoms with Crippen molar-refractivity contribution >= 4 is 23.2 Å². The maximum atomic E-state index is 6.01. The molecule has 0 radical (unpaired) electrons. The van der Waals surface area contributed by atoms with Crippen LogP contribution in [0.4, 0.5) is 0 Å². The second-order valence-electron chi connectivity index (χ2n) is 3.80. The van der Waals surface area contributed by atoms with Crippen molar-refractivity contribution in [3.8, 4) is 0 Å². The average Bonchev–Trinajstić information content (AvgIpc) is 2.82. The predicted octanol–water partition coefficient (Wildman–Crippen LogP) is 4.09. The van der Waals surface area contributed by atoms with E-state index in [4.69, 9.17) is 27.6 Å². The topological polar surface area (TPSA) is 25.2 Å². The number of nitrogens with one attached hydrogen (secondary N) is 1. The molecule has 0 saturated heterocycles. The predicted molar refractivity (Wildman–Crippen MR) is 70.7 cm³/mol. The first-order valence-corrected chi connectivity index (χ1v) is 6.11. The van der Waals surface area contributed by atoms with Crippen LogP contribution in [0.5, 0.6) is 0 Å². The van der Waals surface area contributed by atoms with Gasteiger partial charge in [-0.05, 0) is 36.9 Å². The van der Waals surface area contributed by atoms with Crippen molar-refractivity contribution in [2.75, 3.05) is 7.05 Å². The van der Waals surface area contributed by atoms with Crippen LogP contribution in [0, 0.1) is 0 Å². The Morgan fingerprint density at radius 3 is 2.65 bits per heavy atom. The van der Waals surface area contributed by atoms with Crippen LogP contribution >= 0.6 is 23.2 Å². The number of furan rings is 1. The van der Waals surface area contributed by atoms with Crippen molar-refractivity contribution in [2.45, 2.75) is 12.5 Å². The molecule has 17 heavy (non-hydrogen) atoms. The molecular formula is C13H13Cl2NO. The molecule has 1 unspecified atom stereocenters. The molecule has 0 aliphatic heterocycles. The minimum Gasteiger partial charge on any atom is -0.469 e. The lowest BCUT2D eigenvalue weighted by Crippen LogP contribution is -2.18. The van der Waals surface area contributed by atoms with Crippen LogP contribution in [0.25, 0.3) is 0 Å². The smallest absolute Gasteiger partial charge is 0.105 e. The van der Waals surface area contributed by atoms with Crippen molar-refractivity contribution in [3.63, 3.8) is 0 Å². The largest absolute Gasteiger partial charge is 0.469 e. The maximum Gasteiger partial charge on any atom is 0.105 e. The Balaban J connectivity index is 2.20. The Morgan fingerprint density at radius 2 is 2.06 bits per heavy atom. The molecule has 2 rings (SSSR count). The summed E-state index contributed by atoms with van der Waals surface area (Å²) in [4.78, 5) is 0. The summed E-state index contributed by atoms with van der Waals surface area (Å²) < 4.78 is 5.34. The molecule has 0 saturated carbocycles. The van der Waals surface area contributed by atoms with E-state index in [0.29, 0.717) is 10.0 Å². The minimum atomic E-state index is 0.163. The van der Waals surface area contributed by atoms with E-state index in [2.05, 4.69) is 5.32 Å². The summed E-state index contributed by atoms with van der Waals surface area (Å²) >= 11 is 11.9. The third-order valence-electron chi connectivity index (χ3n) is 2.68. The zero-order valence-corrected chi connectivity index (χ0v) is 10.9. The van der Waals surface area contributed by atoms with Gasteiger partial charge in [-0.2, -0.15) is 0 Å². The van der Waals surface area contributed by atoms with Gasteiger partial charge in [-0.1, -0.05) is 29.3 Å². The molecule has 0 bridgehead atoms. The Kier molecular flexibility index (Phi) is 4.11. The molecule has 1 aromatic heterocycles. The summed E-state index contributed by atoms with van der Waals surface area (Å²) in [6.45, 7) is 0. The molecular weight excluding hydrogens is 257 g/mol. The highest BCUT2D eigenvalue weighted by atomic mass is 35.5. The first-order chi connectivity index (χ1) is 8.20. The van der Waals surface area contributed by atoms with Crippen LogP contribution in [0.1, 0.15) is 17.4 Å². The molecule has 0 fully saturated rings. The van der Waals surface area contributed by atoms with Gasteiger partial charge in [-0.15, -0.1) is 0 Å². The normalized spacial score (nSPS) is 12.6. The zero-order valence-electron chi connectivity index (χ0n) is 9.41. The Hall–Kier alpha value is -0.960. The van der Waals surface area contributed by atoms with E-state index in [1.807, 2.05) is 37.4 Å². The average molecular weight is 270 g/mol. The fraction of sp³-hybridized carbons (Fsp3) is 0.231. The highest BCUT2D eigenvalue weighted by Gasteiger charge is 2.12. The number of benzene rings is 1. The lowest BCUT2D eigenvalue weighted by molar-refractivity contribution is 0.466. The monoisotopic (exact) mass is 269 g/mol. The van der Waals surface area contributed by atoms with Gasteiger partial charge in [0.1, 0.15) is 5.76 Å². The lowest BCUT2D eigenvalue weighted by atomic mass is 10.0. The second-order valence-corrected chi connectivity index (χ2v) is 4.61. The van der Waals surface area contributed by atoms with Crippen molar-refractivity contribution in [1.82, 2.24) is 5.32 Å². The number of hydrogen-bond donors (Lipinski definition) is 1. The van der Waals surface area contributed by atoms with Crippen LogP contribution < -0.4 is 5.32 Å². The van der Waals surface area contributed by atoms with Crippen molar-refractivity contribution in [1.29, 1.82) is 0 Å². The van der Waals surface area contributed by atoms with E-state index in [-0.39, 0.29) is 6.04 Å². The minimum absolute atomic E-state index is 0.163. The van der Waals surface area contributed by atoms with Crippen molar-refractivity contribution in [2.24, 2.45) is 0 Å². The Labute approximate surface area is 111 Å². The summed E-state index contributed by atoms with van der Waals surface area (Å²) in [6.07, 6.45) is 2.46. The number of rotatable bonds is 4. The highest BCUT2D eigenvalue weighted by molar-refractivity contribution is 6.42. The molecule has 0 aliphatic rings. The molecule has 4 heteroatoms. The number of halogens is 2. The van der Waals surface area contributed by atoms with Gasteiger partial charge in [0.25, 0.3) is 0 Å². The first kappa shape index (κ1) is 12.5. The van der Waals surface area contributed by atoms with Crippen LogP contribution in [-0.4, -0.2) is 7.05 Å². The lowest BCUT2D eigenvalue weighted by Gasteiger charge is -2.15. The molecule has 90 valence electrons. The quantitative estimate of drug-likeness (QED) is 0.905. The van der Waals surface area contributed by atoms with Gasteiger partial charge in [0.05, 0.1) is 16.3 Å². The second kappa shape index (κ2) is 5.58. The standard InChI is InChI=1S/C13H13Cl2NO/c1-16-13(8-10-3-2-6-17-10)9-4-5-11(14)12(15)7-9/h2-7,13,16H,8H2,1H3. The van der Waals surface area contributed by atoms with Crippen LogP contribution in [-0.2, 0) is 6.42 Å². The SMILES string of the molecule is CNC(Cc1ccco1)c1ccc(Cl)c(Cl)c1. The third-order valence-corrected chi connectivity index (χ3v) is 3.42. The number of hydrogen-bond acceptors (Lipinski definition) is 2. The summed E-state index contributed by atoms with van der Waals surface area (Å²) in [5, 5.41) is 4.39. The van der Waals surface area contributed by atoms with Crippen molar-refractivity contribution < 1.29 is 4.42 Å². The highest BCUT2D eigenvalue weighted by Crippen LogP contribution is 2.27. The molecule has 0 aliphatic carbocycles. The van der Waals surface area contributed by atoms with E-state index < -0.39 is 0 Å². The molecule has 2 nitrogen and oxygen atoms in total. The molecule has 0 amide bonds. The fourth-order valence-corrected chi connectivity index (χ4v) is 2.05. The van der Waals surface area contributed by atoms with Crippen LogP contribution in [0.2, 0.25) is 10.0 Å². The van der Waals surface area contributed by atoms with E-state index in [1.54, 1.807) is 6.26 Å². The summed E-state index contributed by atoms with van der Waals surface area (Å²) in [7, 11) is 1.91. The van der Waals surface area contributed by atoms with Crippen LogP contribution in [0.15, 0.2) is 41.0 Å².